The maximum atomic E-state index is 13.8. The maximum Gasteiger partial charge on any atom is 0.326 e. The molecule has 2 aliphatic rings. The van der Waals surface area contributed by atoms with Gasteiger partial charge in [0, 0.05) is 105 Å². The molecular formula is C58H86N12O19. The third-order valence-electron chi connectivity index (χ3n) is 15.5. The lowest BCUT2D eigenvalue weighted by Gasteiger charge is -2.33. The number of benzene rings is 2. The molecule has 492 valence electrons. The number of fused-ring (bicyclic) bond motifs is 1. The molecule has 2 aromatic carbocycles. The molecule has 1 saturated carbocycles. The summed E-state index contributed by atoms with van der Waals surface area (Å²) >= 11 is 0. The summed E-state index contributed by atoms with van der Waals surface area (Å²) in [5, 5.41) is 71.2. The summed E-state index contributed by atoms with van der Waals surface area (Å²) < 4.78 is 0. The summed E-state index contributed by atoms with van der Waals surface area (Å²) in [4.78, 5) is 172. The van der Waals surface area contributed by atoms with Crippen molar-refractivity contribution in [2.75, 3.05) is 132 Å². The first kappa shape index (κ1) is 72.9. The Labute approximate surface area is 515 Å². The van der Waals surface area contributed by atoms with E-state index < -0.39 is 121 Å². The number of aliphatic carboxylic acids is 6. The number of carboxylic acids is 6. The fraction of sp³-hybridized carbons (Fsp3) is 0.603. The van der Waals surface area contributed by atoms with Crippen LogP contribution in [0.2, 0.25) is 0 Å². The second-order valence-corrected chi connectivity index (χ2v) is 22.6. The first-order valence-corrected chi connectivity index (χ1v) is 29.5. The second kappa shape index (κ2) is 37.3. The number of nitrogens with one attached hydrogen (secondary N) is 5. The highest BCUT2D eigenvalue weighted by Crippen LogP contribution is 2.29. The zero-order valence-electron chi connectivity index (χ0n) is 50.6. The standard InChI is InChI=1S/C58H86N12O19/c1-64(47(72)32-65(2)48(73)33-66(3)49(74)34-67-20-22-68(35-51(77)78)24-26-70(37-53(81)82)27-25-69(23-21-67)36-52(79)80)31-46(71)60-30-38-11-15-41(16-12-38)54(83)61-45(29-39-13-14-40-8-4-5-9-42(40)28-39)55(84)59-19-7-6-10-43(56(85)86)62-58(89)63-44(57(87)88)17-18-50(75)76/h4-5,8-9,13-14,28,38,41,43-45H,6-7,10-12,15-27,29-37H2,1-3H3,(H,59,84)(H,60,71)(H,61,83)(H,75,76)(H,77,78)(H,79,80)(H,81,82)(H,85,86)(H,87,88)(H2,62,63,89)/t38-,41-,43-,44-,45-/m0/s1. The van der Waals surface area contributed by atoms with Crippen LogP contribution in [0.25, 0.3) is 10.8 Å². The number of rotatable bonds is 33. The van der Waals surface area contributed by atoms with E-state index in [9.17, 15) is 87.9 Å². The molecule has 31 heteroatoms. The molecule has 11 N–H and O–H groups in total. The Morgan fingerprint density at radius 1 is 0.506 bits per heavy atom. The van der Waals surface area contributed by atoms with Gasteiger partial charge in [-0.25, -0.2) is 14.4 Å². The van der Waals surface area contributed by atoms with Gasteiger partial charge in [-0.2, -0.15) is 0 Å². The van der Waals surface area contributed by atoms with Crippen LogP contribution < -0.4 is 26.6 Å². The number of amides is 8. The molecule has 3 atom stereocenters. The van der Waals surface area contributed by atoms with Gasteiger partial charge in [0.1, 0.15) is 18.1 Å². The Morgan fingerprint density at radius 2 is 0.978 bits per heavy atom. The fourth-order valence-corrected chi connectivity index (χ4v) is 10.2. The number of unbranched alkanes of at least 4 members (excludes halogenated alkanes) is 1. The topological polar surface area (TPSA) is 426 Å². The molecular weight excluding hydrogens is 1170 g/mol. The molecule has 0 aromatic heterocycles. The van der Waals surface area contributed by atoms with E-state index >= 15 is 0 Å². The van der Waals surface area contributed by atoms with E-state index in [2.05, 4.69) is 26.6 Å². The van der Waals surface area contributed by atoms with Gasteiger partial charge in [0.05, 0.1) is 45.8 Å². The van der Waals surface area contributed by atoms with E-state index in [-0.39, 0.29) is 136 Å². The molecule has 2 aromatic rings. The van der Waals surface area contributed by atoms with E-state index in [1.54, 1.807) is 19.6 Å². The summed E-state index contributed by atoms with van der Waals surface area (Å²) in [7, 11) is 4.19. The Morgan fingerprint density at radius 3 is 1.47 bits per heavy atom. The van der Waals surface area contributed by atoms with Crippen LogP contribution >= 0.6 is 0 Å². The van der Waals surface area contributed by atoms with Crippen molar-refractivity contribution in [1.82, 2.24) is 60.9 Å². The lowest BCUT2D eigenvalue weighted by molar-refractivity contribution is -0.143. The van der Waals surface area contributed by atoms with Crippen LogP contribution in [0.4, 0.5) is 4.79 Å². The number of carbonyl (C=O) groups excluding carboxylic acids is 7. The van der Waals surface area contributed by atoms with Crippen molar-refractivity contribution in [3.63, 3.8) is 0 Å². The van der Waals surface area contributed by atoms with Gasteiger partial charge in [0.2, 0.25) is 35.4 Å². The van der Waals surface area contributed by atoms with Crippen LogP contribution in [0.15, 0.2) is 42.5 Å². The first-order chi connectivity index (χ1) is 42.1. The van der Waals surface area contributed by atoms with E-state index in [0.717, 1.165) is 26.1 Å². The number of carboxylic acid groups (broad SMARTS) is 6. The summed E-state index contributed by atoms with van der Waals surface area (Å²) in [5.74, 6) is -10.7. The molecule has 0 unspecified atom stereocenters. The van der Waals surface area contributed by atoms with Crippen LogP contribution in [-0.4, -0.2) is 293 Å². The lowest BCUT2D eigenvalue weighted by Crippen LogP contribution is -2.51. The molecule has 2 fully saturated rings. The van der Waals surface area contributed by atoms with E-state index in [1.807, 2.05) is 42.5 Å². The fourth-order valence-electron chi connectivity index (χ4n) is 10.2. The van der Waals surface area contributed by atoms with Gasteiger partial charge in [-0.15, -0.1) is 0 Å². The third-order valence-corrected chi connectivity index (χ3v) is 15.5. The lowest BCUT2D eigenvalue weighted by atomic mass is 9.81. The number of hydrogen-bond donors (Lipinski definition) is 11. The zero-order valence-corrected chi connectivity index (χ0v) is 50.6. The van der Waals surface area contributed by atoms with Crippen molar-refractivity contribution in [3.05, 3.63) is 48.0 Å². The minimum Gasteiger partial charge on any atom is -0.481 e. The highest BCUT2D eigenvalue weighted by atomic mass is 16.4. The van der Waals surface area contributed by atoms with E-state index in [4.69, 9.17) is 5.11 Å². The zero-order chi connectivity index (χ0) is 65.7. The number of nitrogens with zero attached hydrogens (tertiary/aromatic N) is 7. The van der Waals surface area contributed by atoms with Crippen molar-refractivity contribution < 1.29 is 93.0 Å². The van der Waals surface area contributed by atoms with E-state index in [0.29, 0.717) is 25.7 Å². The van der Waals surface area contributed by atoms with Crippen molar-refractivity contribution in [3.8, 4) is 0 Å². The van der Waals surface area contributed by atoms with Crippen molar-refractivity contribution in [2.45, 2.75) is 82.3 Å². The molecule has 0 spiro atoms. The summed E-state index contributed by atoms with van der Waals surface area (Å²) in [6.45, 7) is -0.412. The summed E-state index contributed by atoms with van der Waals surface area (Å²) in [6.07, 6.45) is 1.65. The van der Waals surface area contributed by atoms with E-state index in [1.165, 1.54) is 26.0 Å². The predicted octanol–water partition coefficient (Wildman–Crippen LogP) is -2.00. The predicted molar refractivity (Wildman–Crippen MR) is 318 cm³/mol. The molecule has 0 radical (unpaired) electrons. The van der Waals surface area contributed by atoms with Gasteiger partial charge >= 0.3 is 41.8 Å². The molecule has 8 amide bonds. The van der Waals surface area contributed by atoms with Gasteiger partial charge in [0.15, 0.2) is 0 Å². The molecule has 4 rings (SSSR count). The van der Waals surface area contributed by atoms with Crippen LogP contribution in [-0.2, 0) is 64.0 Å². The van der Waals surface area contributed by atoms with Crippen molar-refractivity contribution in [1.29, 1.82) is 0 Å². The van der Waals surface area contributed by atoms with Crippen molar-refractivity contribution >= 4 is 88.1 Å². The smallest absolute Gasteiger partial charge is 0.326 e. The first-order valence-electron chi connectivity index (χ1n) is 29.5. The Hall–Kier alpha value is -8.55. The average molecular weight is 1260 g/mol. The highest BCUT2D eigenvalue weighted by molar-refractivity contribution is 5.91. The number of likely N-dealkylation sites (N-methyl/N-ethyl adjacent to an activating group) is 3. The van der Waals surface area contributed by atoms with Gasteiger partial charge in [-0.1, -0.05) is 42.5 Å². The highest BCUT2D eigenvalue weighted by Gasteiger charge is 2.32. The van der Waals surface area contributed by atoms with Crippen LogP contribution in [0.1, 0.15) is 63.4 Å². The number of carbonyl (C=O) groups is 13. The molecule has 1 aliphatic carbocycles. The molecule has 1 aliphatic heterocycles. The van der Waals surface area contributed by atoms with Crippen LogP contribution in [0, 0.1) is 11.8 Å². The number of urea groups is 1. The normalized spacial score (nSPS) is 17.4. The molecule has 89 heavy (non-hydrogen) atoms. The molecule has 1 heterocycles. The van der Waals surface area contributed by atoms with Gasteiger partial charge in [0.25, 0.3) is 0 Å². The van der Waals surface area contributed by atoms with Crippen LogP contribution in [0.3, 0.4) is 0 Å². The Bertz CT molecular complexity index is 2770. The largest absolute Gasteiger partial charge is 0.481 e. The molecule has 0 bridgehead atoms. The van der Waals surface area contributed by atoms with Gasteiger partial charge < -0.3 is 71.9 Å². The van der Waals surface area contributed by atoms with Crippen molar-refractivity contribution in [2.24, 2.45) is 11.8 Å². The quantitative estimate of drug-likeness (QED) is 0.0344. The molecule has 1 saturated heterocycles. The maximum absolute atomic E-state index is 13.8. The summed E-state index contributed by atoms with van der Waals surface area (Å²) in [6, 6.07) is 8.29. The third kappa shape index (κ3) is 27.6. The van der Waals surface area contributed by atoms with Gasteiger partial charge in [-0.05, 0) is 73.6 Å². The average Bonchev–Trinajstić information content (AvgIpc) is 2.20. The molecule has 31 nitrogen and oxygen atoms in total. The monoisotopic (exact) mass is 1250 g/mol. The minimum atomic E-state index is -1.56. The Balaban J connectivity index is 1.23. The van der Waals surface area contributed by atoms with Gasteiger partial charge in [-0.3, -0.25) is 67.5 Å². The number of hydrogen-bond acceptors (Lipinski definition) is 17. The Kier molecular flexibility index (Phi) is 30.6. The van der Waals surface area contributed by atoms with Crippen LogP contribution in [0.5, 0.6) is 0 Å². The minimum absolute atomic E-state index is 0.00333. The summed E-state index contributed by atoms with van der Waals surface area (Å²) in [5.41, 5.74) is 0.785. The SMILES string of the molecule is CN(CC(=O)NC[C@H]1CC[C@H](C(=O)N[C@@H](Cc2ccc3ccccc3c2)C(=O)NCCCC[C@H](NC(=O)N[C@@H](CCC(=O)O)C(=O)O)C(=O)O)CC1)C(=O)CN(C)C(=O)CN(C)C(=O)CN1CCN(CC(=O)O)CCN(CC(=O)O)CCN(CC(=O)O)CC1. The second-order valence-electron chi connectivity index (χ2n) is 22.6.